The second-order valence-electron chi connectivity index (χ2n) is 3.33. The van der Waals surface area contributed by atoms with Crippen molar-refractivity contribution in [2.45, 2.75) is 25.7 Å². The van der Waals surface area contributed by atoms with Gasteiger partial charge in [0.25, 0.3) is 0 Å². The minimum absolute atomic E-state index is 1.11. The molecular weight excluding hydrogens is 154 g/mol. The molecule has 1 rings (SSSR count). The minimum Gasteiger partial charge on any atom is -0.316 e. The molecule has 0 spiro atoms. The minimum atomic E-state index is 1.11. The van der Waals surface area contributed by atoms with Crippen LogP contribution in [0.5, 0.6) is 0 Å². The highest BCUT2D eigenvalue weighted by atomic mass is 32.2. The summed E-state index contributed by atoms with van der Waals surface area (Å²) in [6.07, 6.45) is 8.02. The Morgan fingerprint density at radius 1 is 1.36 bits per heavy atom. The van der Waals surface area contributed by atoms with E-state index in [1.165, 1.54) is 44.5 Å². The molecule has 0 aliphatic heterocycles. The average molecular weight is 173 g/mol. The van der Waals surface area contributed by atoms with E-state index in [0.29, 0.717) is 0 Å². The van der Waals surface area contributed by atoms with E-state index >= 15 is 0 Å². The molecule has 1 aliphatic carbocycles. The zero-order chi connectivity index (χ0) is 7.94. The first-order chi connectivity index (χ1) is 5.43. The van der Waals surface area contributed by atoms with Crippen molar-refractivity contribution < 1.29 is 0 Å². The predicted molar refractivity (Wildman–Crippen MR) is 53.2 cm³/mol. The zero-order valence-electron chi connectivity index (χ0n) is 7.44. The highest BCUT2D eigenvalue weighted by Crippen LogP contribution is 2.33. The fourth-order valence-electron chi connectivity index (χ4n) is 1.22. The van der Waals surface area contributed by atoms with Crippen LogP contribution < -0.4 is 5.32 Å². The lowest BCUT2D eigenvalue weighted by molar-refractivity contribution is 0.609. The first-order valence-corrected chi connectivity index (χ1v) is 6.02. The summed E-state index contributed by atoms with van der Waals surface area (Å²) in [5.74, 6) is 2.36. The Bertz CT molecular complexity index is 91.6. The van der Waals surface area contributed by atoms with Crippen LogP contribution >= 0.6 is 11.8 Å². The van der Waals surface area contributed by atoms with E-state index in [4.69, 9.17) is 0 Å². The Hall–Kier alpha value is 0.310. The van der Waals surface area contributed by atoms with Gasteiger partial charge in [-0.25, -0.2) is 0 Å². The highest BCUT2D eigenvalue weighted by Gasteiger charge is 2.19. The van der Waals surface area contributed by atoms with Crippen molar-refractivity contribution in [2.24, 2.45) is 5.92 Å². The number of thioether (sulfide) groups is 1. The van der Waals surface area contributed by atoms with Crippen molar-refractivity contribution in [1.29, 1.82) is 0 Å². The lowest BCUT2D eigenvalue weighted by atomic mass is 10.2. The Morgan fingerprint density at radius 2 is 2.18 bits per heavy atom. The topological polar surface area (TPSA) is 12.0 Å². The van der Waals surface area contributed by atoms with Crippen LogP contribution in [0.1, 0.15) is 25.7 Å². The quantitative estimate of drug-likeness (QED) is 0.592. The van der Waals surface area contributed by atoms with Gasteiger partial charge in [-0.1, -0.05) is 12.8 Å². The summed E-state index contributed by atoms with van der Waals surface area (Å²) < 4.78 is 0. The molecule has 0 amide bonds. The van der Waals surface area contributed by atoms with Gasteiger partial charge in [0, 0.05) is 12.3 Å². The molecule has 1 aliphatic rings. The second kappa shape index (κ2) is 5.90. The predicted octanol–water partition coefficient (Wildman–Crippen LogP) is 2.13. The number of rotatable bonds is 7. The summed E-state index contributed by atoms with van der Waals surface area (Å²) in [6.45, 7) is 2.42. The Labute approximate surface area is 74.3 Å². The smallest absolute Gasteiger partial charge is 0.00553 e. The van der Waals surface area contributed by atoms with Crippen molar-refractivity contribution in [3.05, 3.63) is 0 Å². The van der Waals surface area contributed by atoms with Crippen LogP contribution in [0.15, 0.2) is 0 Å². The highest BCUT2D eigenvalue weighted by molar-refractivity contribution is 7.98. The van der Waals surface area contributed by atoms with Crippen molar-refractivity contribution in [3.63, 3.8) is 0 Å². The molecule has 0 saturated heterocycles. The normalized spacial score (nSPS) is 17.2. The lowest BCUT2D eigenvalue weighted by Gasteiger charge is -2.01. The van der Waals surface area contributed by atoms with Gasteiger partial charge in [-0.05, 0) is 31.6 Å². The van der Waals surface area contributed by atoms with E-state index in [2.05, 4.69) is 11.6 Å². The van der Waals surface area contributed by atoms with Gasteiger partial charge < -0.3 is 5.32 Å². The fourth-order valence-corrected chi connectivity index (χ4v) is 1.57. The first-order valence-electron chi connectivity index (χ1n) is 4.63. The van der Waals surface area contributed by atoms with Crippen molar-refractivity contribution >= 4 is 11.8 Å². The van der Waals surface area contributed by atoms with E-state index in [1.807, 2.05) is 11.8 Å². The standard InChI is InChI=1S/C9H19NS/c1-11-8-7-10-6-2-3-9-4-5-9/h9-10H,2-8H2,1H3. The lowest BCUT2D eigenvalue weighted by Crippen LogP contribution is -2.18. The van der Waals surface area contributed by atoms with Crippen molar-refractivity contribution in [1.82, 2.24) is 5.32 Å². The van der Waals surface area contributed by atoms with E-state index in [0.717, 1.165) is 5.92 Å². The molecule has 1 N–H and O–H groups in total. The molecular formula is C9H19NS. The summed E-state index contributed by atoms with van der Waals surface area (Å²) in [5.41, 5.74) is 0. The molecule has 11 heavy (non-hydrogen) atoms. The third-order valence-corrected chi connectivity index (χ3v) is 2.76. The van der Waals surface area contributed by atoms with Gasteiger partial charge >= 0.3 is 0 Å². The SMILES string of the molecule is CSCCNCCCC1CC1. The van der Waals surface area contributed by atoms with E-state index in [-0.39, 0.29) is 0 Å². The Morgan fingerprint density at radius 3 is 2.82 bits per heavy atom. The van der Waals surface area contributed by atoms with Crippen LogP contribution in [0, 0.1) is 5.92 Å². The third kappa shape index (κ3) is 5.57. The van der Waals surface area contributed by atoms with Gasteiger partial charge in [-0.2, -0.15) is 11.8 Å². The molecule has 0 unspecified atom stereocenters. The van der Waals surface area contributed by atoms with Crippen LogP contribution in [0.2, 0.25) is 0 Å². The molecule has 0 aromatic rings. The molecule has 0 atom stereocenters. The maximum atomic E-state index is 3.45. The van der Waals surface area contributed by atoms with Crippen LogP contribution in [0.4, 0.5) is 0 Å². The molecule has 1 nitrogen and oxygen atoms in total. The van der Waals surface area contributed by atoms with Gasteiger partial charge in [0.05, 0.1) is 0 Å². The fraction of sp³-hybridized carbons (Fsp3) is 1.00. The summed E-state index contributed by atoms with van der Waals surface area (Å²) in [6, 6.07) is 0. The molecule has 1 fully saturated rings. The maximum absolute atomic E-state index is 3.45. The maximum Gasteiger partial charge on any atom is 0.00553 e. The molecule has 0 radical (unpaired) electrons. The molecule has 0 aromatic heterocycles. The van der Waals surface area contributed by atoms with Gasteiger partial charge in [0.1, 0.15) is 0 Å². The first kappa shape index (κ1) is 9.40. The summed E-state index contributed by atoms with van der Waals surface area (Å²) >= 11 is 1.92. The largest absolute Gasteiger partial charge is 0.316 e. The van der Waals surface area contributed by atoms with Crippen molar-refractivity contribution in [2.75, 3.05) is 25.1 Å². The van der Waals surface area contributed by atoms with Gasteiger partial charge in [-0.3, -0.25) is 0 Å². The Balaban J connectivity index is 1.66. The van der Waals surface area contributed by atoms with E-state index < -0.39 is 0 Å². The van der Waals surface area contributed by atoms with Crippen LogP contribution in [0.25, 0.3) is 0 Å². The zero-order valence-corrected chi connectivity index (χ0v) is 8.25. The summed E-state index contributed by atoms with van der Waals surface area (Å²) in [7, 11) is 0. The van der Waals surface area contributed by atoms with Gasteiger partial charge in [0.15, 0.2) is 0 Å². The third-order valence-electron chi connectivity index (χ3n) is 2.15. The average Bonchev–Trinajstić information content (AvgIpc) is 2.80. The van der Waals surface area contributed by atoms with Gasteiger partial charge in [0.2, 0.25) is 0 Å². The molecule has 66 valence electrons. The van der Waals surface area contributed by atoms with Crippen molar-refractivity contribution in [3.8, 4) is 0 Å². The second-order valence-corrected chi connectivity index (χ2v) is 4.31. The van der Waals surface area contributed by atoms with Gasteiger partial charge in [-0.15, -0.1) is 0 Å². The summed E-state index contributed by atoms with van der Waals surface area (Å²) in [5, 5.41) is 3.45. The number of hydrogen-bond donors (Lipinski definition) is 1. The molecule has 0 bridgehead atoms. The van der Waals surface area contributed by atoms with E-state index in [1.54, 1.807) is 0 Å². The molecule has 0 aromatic carbocycles. The number of nitrogens with one attached hydrogen (secondary N) is 1. The summed E-state index contributed by atoms with van der Waals surface area (Å²) in [4.78, 5) is 0. The van der Waals surface area contributed by atoms with E-state index in [9.17, 15) is 0 Å². The molecule has 2 heteroatoms. The van der Waals surface area contributed by atoms with Crippen LogP contribution in [-0.4, -0.2) is 25.1 Å². The number of hydrogen-bond acceptors (Lipinski definition) is 2. The van der Waals surface area contributed by atoms with Crippen LogP contribution in [-0.2, 0) is 0 Å². The monoisotopic (exact) mass is 173 g/mol. The molecule has 0 heterocycles. The van der Waals surface area contributed by atoms with Crippen LogP contribution in [0.3, 0.4) is 0 Å². The Kier molecular flexibility index (Phi) is 5.04. The molecule has 1 saturated carbocycles.